The third-order valence-electron chi connectivity index (χ3n) is 4.98. The first kappa shape index (κ1) is 23.7. The first-order chi connectivity index (χ1) is 16.0. The third-order valence-corrected chi connectivity index (χ3v) is 4.98. The highest BCUT2D eigenvalue weighted by Crippen LogP contribution is 2.16. The minimum Gasteiger partial charge on any atom is -0.467 e. The molecule has 1 aromatic heterocycles. The Bertz CT molecular complexity index is 1070. The van der Waals surface area contributed by atoms with Gasteiger partial charge >= 0.3 is 0 Å². The van der Waals surface area contributed by atoms with Crippen molar-refractivity contribution < 1.29 is 23.7 Å². The Hall–Kier alpha value is -3.98. The quantitative estimate of drug-likeness (QED) is 0.326. The summed E-state index contributed by atoms with van der Waals surface area (Å²) in [6.45, 7) is 0.736. The van der Waals surface area contributed by atoms with Crippen LogP contribution in [0, 0.1) is 10.1 Å². The Morgan fingerprint density at radius 3 is 2.45 bits per heavy atom. The predicted molar refractivity (Wildman–Crippen MR) is 120 cm³/mol. The number of ether oxygens (including phenoxy) is 1. The molecule has 3 rings (SSSR count). The lowest BCUT2D eigenvalue weighted by Crippen LogP contribution is -2.43. The van der Waals surface area contributed by atoms with Crippen molar-refractivity contribution in [1.82, 2.24) is 9.80 Å². The molecule has 0 bridgehead atoms. The number of hydrogen-bond donors (Lipinski definition) is 0. The van der Waals surface area contributed by atoms with E-state index in [4.69, 9.17) is 9.15 Å². The van der Waals surface area contributed by atoms with E-state index in [-0.39, 0.29) is 43.4 Å². The van der Waals surface area contributed by atoms with E-state index in [0.29, 0.717) is 12.3 Å². The maximum absolute atomic E-state index is 13.3. The second-order valence-electron chi connectivity index (χ2n) is 7.34. The Labute approximate surface area is 191 Å². The number of furan rings is 1. The zero-order valence-electron chi connectivity index (χ0n) is 18.3. The number of carbonyl (C=O) groups excluding carboxylic acids is 2. The van der Waals surface area contributed by atoms with Crippen LogP contribution < -0.4 is 0 Å². The van der Waals surface area contributed by atoms with Gasteiger partial charge in [-0.25, -0.2) is 0 Å². The van der Waals surface area contributed by atoms with Crippen LogP contribution in [0.3, 0.4) is 0 Å². The van der Waals surface area contributed by atoms with Gasteiger partial charge in [-0.3, -0.25) is 19.7 Å². The summed E-state index contributed by atoms with van der Waals surface area (Å²) < 4.78 is 10.5. The van der Waals surface area contributed by atoms with E-state index in [0.717, 1.165) is 5.56 Å². The van der Waals surface area contributed by atoms with Gasteiger partial charge in [-0.15, -0.1) is 0 Å². The summed E-state index contributed by atoms with van der Waals surface area (Å²) in [4.78, 5) is 39.9. The second-order valence-corrected chi connectivity index (χ2v) is 7.34. The molecule has 3 aromatic rings. The van der Waals surface area contributed by atoms with Crippen molar-refractivity contribution in [2.45, 2.75) is 13.1 Å². The van der Waals surface area contributed by atoms with Gasteiger partial charge in [0.2, 0.25) is 5.91 Å². The van der Waals surface area contributed by atoms with Crippen molar-refractivity contribution in [2.75, 3.05) is 26.8 Å². The van der Waals surface area contributed by atoms with Crippen molar-refractivity contribution in [3.8, 4) is 0 Å². The highest BCUT2D eigenvalue weighted by atomic mass is 16.6. The monoisotopic (exact) mass is 451 g/mol. The molecule has 0 saturated heterocycles. The van der Waals surface area contributed by atoms with Crippen LogP contribution in [-0.4, -0.2) is 53.3 Å². The predicted octanol–water partition coefficient (Wildman–Crippen LogP) is 3.51. The Morgan fingerprint density at radius 2 is 1.79 bits per heavy atom. The Morgan fingerprint density at radius 1 is 1.00 bits per heavy atom. The largest absolute Gasteiger partial charge is 0.467 e. The summed E-state index contributed by atoms with van der Waals surface area (Å²) in [5.74, 6) is -0.153. The zero-order valence-corrected chi connectivity index (χ0v) is 18.3. The summed E-state index contributed by atoms with van der Waals surface area (Å²) in [5.41, 5.74) is 0.877. The number of carbonyl (C=O) groups is 2. The van der Waals surface area contributed by atoms with Crippen LogP contribution >= 0.6 is 0 Å². The van der Waals surface area contributed by atoms with Crippen molar-refractivity contribution in [2.24, 2.45) is 0 Å². The standard InChI is InChI=1S/C24H25N3O6/c1-32-14-12-25(24(29)20-9-5-10-21(15-20)27(30)31)18-23(28)26(17-22-11-6-13-33-22)16-19-7-3-2-4-8-19/h2-11,13,15H,12,14,16-18H2,1H3. The molecule has 0 N–H and O–H groups in total. The zero-order chi connectivity index (χ0) is 23.6. The summed E-state index contributed by atoms with van der Waals surface area (Å²) >= 11 is 0. The molecule has 0 fully saturated rings. The number of amides is 2. The topological polar surface area (TPSA) is 106 Å². The number of nitro benzene ring substituents is 1. The van der Waals surface area contributed by atoms with E-state index in [9.17, 15) is 19.7 Å². The summed E-state index contributed by atoms with van der Waals surface area (Å²) in [5, 5.41) is 11.1. The van der Waals surface area contributed by atoms with Gasteiger partial charge in [-0.1, -0.05) is 36.4 Å². The fraction of sp³-hybridized carbons (Fsp3) is 0.250. The van der Waals surface area contributed by atoms with Gasteiger partial charge in [0.15, 0.2) is 0 Å². The molecule has 0 aliphatic heterocycles. The maximum Gasteiger partial charge on any atom is 0.270 e. The van der Waals surface area contributed by atoms with E-state index in [1.807, 2.05) is 30.3 Å². The van der Waals surface area contributed by atoms with Crippen LogP contribution in [0.25, 0.3) is 0 Å². The van der Waals surface area contributed by atoms with Crippen LogP contribution in [0.4, 0.5) is 5.69 Å². The molecular formula is C24H25N3O6. The molecule has 9 heteroatoms. The first-order valence-electron chi connectivity index (χ1n) is 10.3. The van der Waals surface area contributed by atoms with Crippen LogP contribution in [0.5, 0.6) is 0 Å². The van der Waals surface area contributed by atoms with E-state index >= 15 is 0 Å². The number of rotatable bonds is 11. The smallest absolute Gasteiger partial charge is 0.270 e. The molecule has 33 heavy (non-hydrogen) atoms. The van der Waals surface area contributed by atoms with Gasteiger partial charge in [0, 0.05) is 37.9 Å². The number of nitro groups is 1. The highest BCUT2D eigenvalue weighted by molar-refractivity contribution is 5.97. The number of non-ortho nitro benzene ring substituents is 1. The van der Waals surface area contributed by atoms with E-state index in [1.54, 1.807) is 17.0 Å². The fourth-order valence-corrected chi connectivity index (χ4v) is 3.28. The maximum atomic E-state index is 13.3. The number of hydrogen-bond acceptors (Lipinski definition) is 6. The molecular weight excluding hydrogens is 426 g/mol. The van der Waals surface area contributed by atoms with Gasteiger partial charge in [-0.2, -0.15) is 0 Å². The normalized spacial score (nSPS) is 10.6. The van der Waals surface area contributed by atoms with E-state index < -0.39 is 10.8 Å². The summed E-state index contributed by atoms with van der Waals surface area (Å²) in [6.07, 6.45) is 1.54. The van der Waals surface area contributed by atoms with Crippen LogP contribution in [0.15, 0.2) is 77.4 Å². The minimum absolute atomic E-state index is 0.133. The van der Waals surface area contributed by atoms with Crippen LogP contribution in [-0.2, 0) is 22.6 Å². The van der Waals surface area contributed by atoms with Crippen molar-refractivity contribution in [3.05, 3.63) is 100.0 Å². The molecule has 0 aliphatic carbocycles. The van der Waals surface area contributed by atoms with Gasteiger partial charge < -0.3 is 19.0 Å². The van der Waals surface area contributed by atoms with Gasteiger partial charge in [0.1, 0.15) is 12.3 Å². The van der Waals surface area contributed by atoms with E-state index in [1.165, 1.54) is 42.5 Å². The lowest BCUT2D eigenvalue weighted by molar-refractivity contribution is -0.384. The number of nitrogens with zero attached hydrogens (tertiary/aromatic N) is 3. The molecule has 172 valence electrons. The average Bonchev–Trinajstić information content (AvgIpc) is 3.34. The molecule has 2 amide bonds. The summed E-state index contributed by atoms with van der Waals surface area (Å²) in [6, 6.07) is 18.5. The highest BCUT2D eigenvalue weighted by Gasteiger charge is 2.24. The second kappa shape index (κ2) is 11.6. The minimum atomic E-state index is -0.563. The third kappa shape index (κ3) is 6.75. The number of methoxy groups -OCH3 is 1. The summed E-state index contributed by atoms with van der Waals surface area (Å²) in [7, 11) is 1.50. The van der Waals surface area contributed by atoms with Crippen molar-refractivity contribution in [3.63, 3.8) is 0 Å². The van der Waals surface area contributed by atoms with Crippen LogP contribution in [0.2, 0.25) is 0 Å². The molecule has 0 unspecified atom stereocenters. The fourth-order valence-electron chi connectivity index (χ4n) is 3.28. The average molecular weight is 451 g/mol. The lowest BCUT2D eigenvalue weighted by atomic mass is 10.1. The van der Waals surface area contributed by atoms with Gasteiger partial charge in [0.25, 0.3) is 11.6 Å². The van der Waals surface area contributed by atoms with Crippen LogP contribution in [0.1, 0.15) is 21.7 Å². The lowest BCUT2D eigenvalue weighted by Gasteiger charge is -2.27. The molecule has 0 aliphatic rings. The molecule has 9 nitrogen and oxygen atoms in total. The molecule has 0 atom stereocenters. The van der Waals surface area contributed by atoms with Crippen molar-refractivity contribution in [1.29, 1.82) is 0 Å². The SMILES string of the molecule is COCCN(CC(=O)N(Cc1ccccc1)Cc1ccco1)C(=O)c1cccc([N+](=O)[O-])c1. The Balaban J connectivity index is 1.81. The van der Waals surface area contributed by atoms with E-state index in [2.05, 4.69) is 0 Å². The molecule has 2 aromatic carbocycles. The van der Waals surface area contributed by atoms with Gasteiger partial charge in [0.05, 0.1) is 24.3 Å². The first-order valence-corrected chi connectivity index (χ1v) is 10.3. The molecule has 0 radical (unpaired) electrons. The molecule has 1 heterocycles. The van der Waals surface area contributed by atoms with Gasteiger partial charge in [-0.05, 0) is 23.8 Å². The number of benzene rings is 2. The molecule has 0 saturated carbocycles. The Kier molecular flexibility index (Phi) is 8.31. The molecule has 0 spiro atoms. The van der Waals surface area contributed by atoms with Crippen molar-refractivity contribution >= 4 is 17.5 Å².